The van der Waals surface area contributed by atoms with Gasteiger partial charge in [-0.15, -0.1) is 5.10 Å². The number of hydrogen-bond acceptors (Lipinski definition) is 11. The van der Waals surface area contributed by atoms with Crippen molar-refractivity contribution in [2.45, 2.75) is 38.9 Å². The molecule has 5 aromatic rings. The van der Waals surface area contributed by atoms with Crippen LogP contribution in [0.3, 0.4) is 0 Å². The Morgan fingerprint density at radius 1 is 1.19 bits per heavy atom. The number of tetrazole rings is 1. The summed E-state index contributed by atoms with van der Waals surface area (Å²) < 4.78 is 55.3. The molecule has 18 heteroatoms. The van der Waals surface area contributed by atoms with Crippen LogP contribution in [-0.4, -0.2) is 114 Å². The lowest BCUT2D eigenvalue weighted by Crippen LogP contribution is -2.49. The van der Waals surface area contributed by atoms with Crippen LogP contribution in [0.15, 0.2) is 49.1 Å². The summed E-state index contributed by atoms with van der Waals surface area (Å²) in [6.07, 6.45) is 5.42. The average Bonchev–Trinajstić information content (AvgIpc) is 3.73. The Balaban J connectivity index is 1.31. The molecule has 47 heavy (non-hydrogen) atoms. The molecule has 1 aromatic carbocycles. The van der Waals surface area contributed by atoms with E-state index >= 15 is 0 Å². The van der Waals surface area contributed by atoms with Gasteiger partial charge in [0.15, 0.2) is 11.5 Å². The van der Waals surface area contributed by atoms with Crippen LogP contribution in [0.2, 0.25) is 0 Å². The molecule has 1 N–H and O–H groups in total. The average molecular weight is 655 g/mol. The summed E-state index contributed by atoms with van der Waals surface area (Å²) in [5.74, 6) is -0.284. The minimum atomic E-state index is -3.17. The van der Waals surface area contributed by atoms with Crippen LogP contribution in [-0.2, 0) is 6.54 Å². The van der Waals surface area contributed by atoms with Gasteiger partial charge in [-0.1, -0.05) is 0 Å². The molecule has 1 unspecified atom stereocenters. The van der Waals surface area contributed by atoms with E-state index < -0.39 is 18.9 Å². The SMILES string of the molecule is CC(F)Oc1ccc(OC(F)F)c(-c2nn(Cc3nnnn3C3CN(CCCN(C)C)C3)cc2NC(=O)c2cnn3cccnc23)c1. The number of fused-ring (bicyclic) bond motifs is 1. The molecule has 0 bridgehead atoms. The van der Waals surface area contributed by atoms with Gasteiger partial charge in [0, 0.05) is 38.6 Å². The van der Waals surface area contributed by atoms with E-state index in [9.17, 15) is 18.0 Å². The summed E-state index contributed by atoms with van der Waals surface area (Å²) in [6, 6.07) is 5.57. The summed E-state index contributed by atoms with van der Waals surface area (Å²) in [7, 11) is 4.09. The van der Waals surface area contributed by atoms with E-state index in [2.05, 4.69) is 45.8 Å². The first-order valence-corrected chi connectivity index (χ1v) is 14.9. The first-order valence-electron chi connectivity index (χ1n) is 14.9. The maximum Gasteiger partial charge on any atom is 0.387 e. The monoisotopic (exact) mass is 654 g/mol. The zero-order valence-electron chi connectivity index (χ0n) is 25.9. The standard InChI is InChI=1S/C29H33F3N12O3/c1-18(30)46-20-6-7-24(47-29(31)32)21(12-20)26-23(35-28(45)22-13-34-43-11-4-8-33-27(22)43)16-42(37-26)17-25-36-38-39-44(25)19-14-41(15-19)10-5-9-40(2)3/h4,6-8,11-13,16,18-19,29H,5,9-10,14-15,17H2,1-3H3,(H,35,45). The quantitative estimate of drug-likeness (QED) is 0.189. The Morgan fingerprint density at radius 3 is 2.79 bits per heavy atom. The number of nitrogens with zero attached hydrogens (tertiary/aromatic N) is 11. The third-order valence-corrected chi connectivity index (χ3v) is 7.48. The summed E-state index contributed by atoms with van der Waals surface area (Å²) >= 11 is 0. The number of ether oxygens (including phenoxy) is 2. The molecule has 1 saturated heterocycles. The highest BCUT2D eigenvalue weighted by Crippen LogP contribution is 2.38. The normalized spacial score (nSPS) is 14.6. The number of halogens is 3. The van der Waals surface area contributed by atoms with Crippen LogP contribution in [0.5, 0.6) is 11.5 Å². The molecule has 0 spiro atoms. The number of rotatable bonds is 14. The van der Waals surface area contributed by atoms with Crippen molar-refractivity contribution in [2.24, 2.45) is 0 Å². The van der Waals surface area contributed by atoms with Crippen LogP contribution in [0.4, 0.5) is 18.9 Å². The number of amides is 1. The number of likely N-dealkylation sites (tertiary alicyclic amines) is 1. The van der Waals surface area contributed by atoms with Crippen LogP contribution in [0.25, 0.3) is 16.9 Å². The van der Waals surface area contributed by atoms with Gasteiger partial charge in [-0.3, -0.25) is 14.4 Å². The van der Waals surface area contributed by atoms with E-state index in [-0.39, 0.29) is 46.6 Å². The van der Waals surface area contributed by atoms with E-state index in [1.165, 1.54) is 52.9 Å². The Hall–Kier alpha value is -5.10. The Bertz CT molecular complexity index is 1830. The van der Waals surface area contributed by atoms with Gasteiger partial charge in [-0.25, -0.2) is 18.6 Å². The molecule has 5 heterocycles. The molecule has 1 atom stereocenters. The second-order valence-electron chi connectivity index (χ2n) is 11.3. The van der Waals surface area contributed by atoms with Crippen molar-refractivity contribution in [2.75, 3.05) is 45.6 Å². The molecule has 1 aliphatic rings. The third-order valence-electron chi connectivity index (χ3n) is 7.48. The van der Waals surface area contributed by atoms with Gasteiger partial charge in [0.05, 0.1) is 23.5 Å². The van der Waals surface area contributed by atoms with Gasteiger partial charge in [0.25, 0.3) is 5.91 Å². The molecule has 1 fully saturated rings. The number of anilines is 1. The zero-order chi connectivity index (χ0) is 33.1. The Labute approximate surface area is 266 Å². The number of hydrogen-bond donors (Lipinski definition) is 1. The van der Waals surface area contributed by atoms with Gasteiger partial charge in [0.2, 0.25) is 6.36 Å². The number of nitrogens with one attached hydrogen (secondary N) is 1. The van der Waals surface area contributed by atoms with Gasteiger partial charge in [0.1, 0.15) is 29.3 Å². The molecule has 1 amide bonds. The molecular weight excluding hydrogens is 621 g/mol. The molecule has 248 valence electrons. The van der Waals surface area contributed by atoms with Crippen molar-refractivity contribution < 1.29 is 27.4 Å². The summed E-state index contributed by atoms with van der Waals surface area (Å²) in [5.41, 5.74) is 0.710. The summed E-state index contributed by atoms with van der Waals surface area (Å²) in [5, 5.41) is 23.8. The first kappa shape index (κ1) is 31.9. The third kappa shape index (κ3) is 7.33. The summed E-state index contributed by atoms with van der Waals surface area (Å²) in [6.45, 7) is 1.65. The van der Waals surface area contributed by atoms with Gasteiger partial charge in [-0.2, -0.15) is 19.0 Å². The number of alkyl halides is 3. The molecule has 15 nitrogen and oxygen atoms in total. The van der Waals surface area contributed by atoms with Crippen LogP contribution in [0.1, 0.15) is 35.6 Å². The fourth-order valence-electron chi connectivity index (χ4n) is 5.36. The van der Waals surface area contributed by atoms with E-state index in [0.717, 1.165) is 32.6 Å². The molecule has 1 aliphatic heterocycles. The van der Waals surface area contributed by atoms with E-state index in [1.54, 1.807) is 16.9 Å². The second kappa shape index (κ2) is 13.7. The highest BCUT2D eigenvalue weighted by Gasteiger charge is 2.31. The maximum absolute atomic E-state index is 13.7. The predicted molar refractivity (Wildman–Crippen MR) is 162 cm³/mol. The lowest BCUT2D eigenvalue weighted by molar-refractivity contribution is -0.0495. The molecular formula is C29H33F3N12O3. The highest BCUT2D eigenvalue weighted by atomic mass is 19.3. The number of carbonyl (C=O) groups is 1. The minimum Gasteiger partial charge on any atom is -0.461 e. The summed E-state index contributed by atoms with van der Waals surface area (Å²) in [4.78, 5) is 22.2. The van der Waals surface area contributed by atoms with Crippen LogP contribution < -0.4 is 14.8 Å². The number of benzene rings is 1. The fourth-order valence-corrected chi connectivity index (χ4v) is 5.36. The minimum absolute atomic E-state index is 0.0300. The molecule has 0 aliphatic carbocycles. The van der Waals surface area contributed by atoms with Crippen molar-refractivity contribution in [3.8, 4) is 22.8 Å². The predicted octanol–water partition coefficient (Wildman–Crippen LogP) is 2.98. The molecule has 6 rings (SSSR count). The smallest absolute Gasteiger partial charge is 0.387 e. The Morgan fingerprint density at radius 2 is 2.02 bits per heavy atom. The van der Waals surface area contributed by atoms with Gasteiger partial charge < -0.3 is 19.7 Å². The van der Waals surface area contributed by atoms with Crippen molar-refractivity contribution in [3.05, 3.63) is 60.4 Å². The Kier molecular flexibility index (Phi) is 9.30. The molecule has 0 saturated carbocycles. The number of aromatic nitrogens is 9. The first-order chi connectivity index (χ1) is 22.6. The van der Waals surface area contributed by atoms with Crippen molar-refractivity contribution >= 4 is 17.2 Å². The van der Waals surface area contributed by atoms with E-state index in [1.807, 2.05) is 14.1 Å². The van der Waals surface area contributed by atoms with Crippen LogP contribution >= 0.6 is 0 Å². The van der Waals surface area contributed by atoms with E-state index in [4.69, 9.17) is 9.47 Å². The fraction of sp³-hybridized carbons (Fsp3) is 0.414. The maximum atomic E-state index is 13.7. The highest BCUT2D eigenvalue weighted by molar-refractivity contribution is 6.09. The largest absolute Gasteiger partial charge is 0.461 e. The van der Waals surface area contributed by atoms with Crippen molar-refractivity contribution in [3.63, 3.8) is 0 Å². The second-order valence-corrected chi connectivity index (χ2v) is 11.3. The zero-order valence-corrected chi connectivity index (χ0v) is 25.9. The van der Waals surface area contributed by atoms with Crippen LogP contribution in [0, 0.1) is 0 Å². The number of carbonyl (C=O) groups excluding carboxylic acids is 1. The lowest BCUT2D eigenvalue weighted by Gasteiger charge is -2.39. The van der Waals surface area contributed by atoms with E-state index in [0.29, 0.717) is 11.5 Å². The van der Waals surface area contributed by atoms with Crippen molar-refractivity contribution in [1.82, 2.24) is 54.4 Å². The van der Waals surface area contributed by atoms with Gasteiger partial charge in [-0.05, 0) is 68.3 Å². The van der Waals surface area contributed by atoms with Gasteiger partial charge >= 0.3 is 6.61 Å². The lowest BCUT2D eigenvalue weighted by atomic mass is 10.1. The molecule has 4 aromatic heterocycles. The molecule has 0 radical (unpaired) electrons. The van der Waals surface area contributed by atoms with Crippen molar-refractivity contribution in [1.29, 1.82) is 0 Å². The topological polar surface area (TPSA) is 146 Å².